The number of nitrogens with one attached hydrogen (secondary N) is 1. The molecule has 3 heterocycles. The molecule has 190 valence electrons. The number of nitrogens with zero attached hydrogens (tertiary/aromatic N) is 4. The third-order valence-electron chi connectivity index (χ3n) is 6.91. The minimum absolute atomic E-state index is 0.154. The Morgan fingerprint density at radius 3 is 3.00 bits per heavy atom. The van der Waals surface area contributed by atoms with Crippen LogP contribution in [-0.2, 0) is 17.8 Å². The Balaban J connectivity index is 1.14. The van der Waals surface area contributed by atoms with Crippen LogP contribution >= 0.6 is 0 Å². The van der Waals surface area contributed by atoms with Gasteiger partial charge in [-0.2, -0.15) is 0 Å². The molecular formula is C27H32FN5O3. The van der Waals surface area contributed by atoms with E-state index in [0.29, 0.717) is 42.8 Å². The number of aryl methyl sites for hydroxylation is 1. The lowest BCUT2D eigenvalue weighted by atomic mass is 9.96. The summed E-state index contributed by atoms with van der Waals surface area (Å²) in [6.45, 7) is 3.37. The number of rotatable bonds is 12. The summed E-state index contributed by atoms with van der Waals surface area (Å²) in [6, 6.07) is 8.78. The van der Waals surface area contributed by atoms with Crippen molar-refractivity contribution >= 4 is 11.7 Å². The summed E-state index contributed by atoms with van der Waals surface area (Å²) >= 11 is 0. The van der Waals surface area contributed by atoms with E-state index in [0.717, 1.165) is 36.9 Å². The Kier molecular flexibility index (Phi) is 7.44. The number of carbonyl (C=O) groups is 1. The van der Waals surface area contributed by atoms with Crippen molar-refractivity contribution in [1.82, 2.24) is 20.0 Å². The molecule has 5 rings (SSSR count). The lowest BCUT2D eigenvalue weighted by Crippen LogP contribution is -2.37. The second-order valence-corrected chi connectivity index (χ2v) is 9.65. The highest BCUT2D eigenvalue weighted by Gasteiger charge is 2.28. The molecule has 36 heavy (non-hydrogen) atoms. The van der Waals surface area contributed by atoms with Crippen molar-refractivity contribution < 1.29 is 18.7 Å². The first-order valence-corrected chi connectivity index (χ1v) is 12.8. The Labute approximate surface area is 210 Å². The highest BCUT2D eigenvalue weighted by atomic mass is 19.1. The first-order valence-electron chi connectivity index (χ1n) is 12.8. The van der Waals surface area contributed by atoms with E-state index in [1.807, 2.05) is 22.9 Å². The molecular weight excluding hydrogens is 461 g/mol. The lowest BCUT2D eigenvalue weighted by Gasteiger charge is -2.24. The maximum atomic E-state index is 14.3. The van der Waals surface area contributed by atoms with E-state index in [-0.39, 0.29) is 17.6 Å². The molecule has 1 saturated carbocycles. The fourth-order valence-corrected chi connectivity index (χ4v) is 4.49. The molecule has 2 aliphatic rings. The van der Waals surface area contributed by atoms with Gasteiger partial charge in [-0.15, -0.1) is 5.10 Å². The highest BCUT2D eigenvalue weighted by Crippen LogP contribution is 2.32. The van der Waals surface area contributed by atoms with Gasteiger partial charge in [0, 0.05) is 18.7 Å². The first-order chi connectivity index (χ1) is 17.6. The SMILES string of the molecule is CC[C@@H](Cn1nncc1CCCCC1Oc2cccnc2NC1=O)c1ccc(F)c(OCC2CC2)c1. The van der Waals surface area contributed by atoms with Crippen molar-refractivity contribution in [2.45, 2.75) is 70.4 Å². The maximum absolute atomic E-state index is 14.3. The predicted octanol–water partition coefficient (Wildman–Crippen LogP) is 4.91. The van der Waals surface area contributed by atoms with E-state index >= 15 is 0 Å². The molecule has 1 fully saturated rings. The molecule has 1 unspecified atom stereocenters. The van der Waals surface area contributed by atoms with E-state index in [1.165, 1.54) is 18.9 Å². The number of fused-ring (bicyclic) bond motifs is 1. The molecule has 8 nitrogen and oxygen atoms in total. The van der Waals surface area contributed by atoms with Gasteiger partial charge in [-0.3, -0.25) is 4.79 Å². The van der Waals surface area contributed by atoms with E-state index in [1.54, 1.807) is 18.5 Å². The molecule has 2 aromatic heterocycles. The number of anilines is 1. The average molecular weight is 494 g/mol. The summed E-state index contributed by atoms with van der Waals surface area (Å²) in [5.74, 6) is 1.69. The maximum Gasteiger partial charge on any atom is 0.266 e. The summed E-state index contributed by atoms with van der Waals surface area (Å²) in [4.78, 5) is 16.4. The smallest absolute Gasteiger partial charge is 0.266 e. The minimum atomic E-state index is -0.510. The van der Waals surface area contributed by atoms with E-state index in [9.17, 15) is 9.18 Å². The zero-order valence-electron chi connectivity index (χ0n) is 20.5. The third-order valence-corrected chi connectivity index (χ3v) is 6.91. The molecule has 0 radical (unpaired) electrons. The van der Waals surface area contributed by atoms with E-state index in [4.69, 9.17) is 9.47 Å². The first kappa shape index (κ1) is 24.2. The normalized spacial score (nSPS) is 17.7. The lowest BCUT2D eigenvalue weighted by molar-refractivity contribution is -0.123. The number of carbonyl (C=O) groups excluding carboxylic acids is 1. The fourth-order valence-electron chi connectivity index (χ4n) is 4.49. The molecule has 2 atom stereocenters. The van der Waals surface area contributed by atoms with Gasteiger partial charge in [-0.1, -0.05) is 18.2 Å². The number of ether oxygens (including phenoxy) is 2. The van der Waals surface area contributed by atoms with Gasteiger partial charge < -0.3 is 14.8 Å². The van der Waals surface area contributed by atoms with Crippen LogP contribution in [0.2, 0.25) is 0 Å². The Morgan fingerprint density at radius 1 is 1.28 bits per heavy atom. The molecule has 1 amide bonds. The summed E-state index contributed by atoms with van der Waals surface area (Å²) < 4.78 is 27.8. The van der Waals surface area contributed by atoms with Crippen molar-refractivity contribution in [3.63, 3.8) is 0 Å². The van der Waals surface area contributed by atoms with Gasteiger partial charge in [0.05, 0.1) is 18.5 Å². The van der Waals surface area contributed by atoms with Crippen LogP contribution in [0.4, 0.5) is 10.2 Å². The number of aromatic nitrogens is 4. The molecule has 0 bridgehead atoms. The monoisotopic (exact) mass is 493 g/mol. The predicted molar refractivity (Wildman–Crippen MR) is 133 cm³/mol. The van der Waals surface area contributed by atoms with Crippen molar-refractivity contribution in [3.8, 4) is 11.5 Å². The topological polar surface area (TPSA) is 91.2 Å². The van der Waals surface area contributed by atoms with E-state index < -0.39 is 6.10 Å². The number of hydrogen-bond acceptors (Lipinski definition) is 6. The van der Waals surface area contributed by atoms with Crippen LogP contribution < -0.4 is 14.8 Å². The van der Waals surface area contributed by atoms with Crippen molar-refractivity contribution in [3.05, 3.63) is 59.8 Å². The summed E-state index contributed by atoms with van der Waals surface area (Å²) in [5.41, 5.74) is 2.09. The number of halogens is 1. The van der Waals surface area contributed by atoms with Gasteiger partial charge in [0.25, 0.3) is 5.91 Å². The van der Waals surface area contributed by atoms with Gasteiger partial charge in [-0.25, -0.2) is 14.1 Å². The summed E-state index contributed by atoms with van der Waals surface area (Å²) in [7, 11) is 0. The van der Waals surface area contributed by atoms with Crippen LogP contribution in [0.3, 0.4) is 0 Å². The molecule has 1 aliphatic heterocycles. The van der Waals surface area contributed by atoms with Gasteiger partial charge >= 0.3 is 0 Å². The summed E-state index contributed by atoms with van der Waals surface area (Å²) in [6.07, 6.45) is 9.27. The molecule has 9 heteroatoms. The largest absolute Gasteiger partial charge is 0.490 e. The Morgan fingerprint density at radius 2 is 2.17 bits per heavy atom. The molecule has 3 aromatic rings. The third kappa shape index (κ3) is 5.83. The van der Waals surface area contributed by atoms with E-state index in [2.05, 4.69) is 27.5 Å². The van der Waals surface area contributed by atoms with Crippen LogP contribution in [0.15, 0.2) is 42.7 Å². The van der Waals surface area contributed by atoms with Gasteiger partial charge in [0.2, 0.25) is 0 Å². The molecule has 0 spiro atoms. The quantitative estimate of drug-likeness (QED) is 0.361. The van der Waals surface area contributed by atoms with Gasteiger partial charge in [0.1, 0.15) is 0 Å². The molecule has 1 N–H and O–H groups in total. The number of unbranched alkanes of at least 4 members (excludes halogenated alkanes) is 1. The van der Waals surface area contributed by atoms with Gasteiger partial charge in [-0.05, 0) is 80.7 Å². The minimum Gasteiger partial charge on any atom is -0.490 e. The van der Waals surface area contributed by atoms with Crippen molar-refractivity contribution in [1.29, 1.82) is 0 Å². The Bertz CT molecular complexity index is 1200. The van der Waals surface area contributed by atoms with Crippen LogP contribution in [0.5, 0.6) is 11.5 Å². The second kappa shape index (κ2) is 11.1. The van der Waals surface area contributed by atoms with Crippen LogP contribution in [0.1, 0.15) is 62.6 Å². The van der Waals surface area contributed by atoms with Crippen molar-refractivity contribution in [2.75, 3.05) is 11.9 Å². The second-order valence-electron chi connectivity index (χ2n) is 9.65. The molecule has 1 aliphatic carbocycles. The fraction of sp³-hybridized carbons (Fsp3) is 0.481. The van der Waals surface area contributed by atoms with Crippen LogP contribution in [0.25, 0.3) is 0 Å². The van der Waals surface area contributed by atoms with Crippen LogP contribution in [-0.4, -0.2) is 38.6 Å². The number of amides is 1. The molecule has 1 aromatic carbocycles. The number of hydrogen-bond donors (Lipinski definition) is 1. The summed E-state index contributed by atoms with van der Waals surface area (Å²) in [5, 5.41) is 11.2. The zero-order chi connectivity index (χ0) is 24.9. The average Bonchev–Trinajstić information content (AvgIpc) is 3.62. The number of pyridine rings is 1. The van der Waals surface area contributed by atoms with Crippen molar-refractivity contribution in [2.24, 2.45) is 5.92 Å². The zero-order valence-corrected chi connectivity index (χ0v) is 20.5. The number of benzene rings is 1. The highest BCUT2D eigenvalue weighted by molar-refractivity contribution is 5.96. The standard InChI is InChI=1S/C27H32FN5O3/c1-2-19(20-11-12-22(28)25(14-20)35-17-18-9-10-18)16-33-21(15-30-32-33)6-3-4-7-24-27(34)31-26-23(36-24)8-5-13-29-26/h5,8,11-15,18-19,24H,2-4,6-7,9-10,16-17H2,1H3,(H,29,31,34)/t19-,24?/m0/s1. The van der Waals surface area contributed by atoms with Gasteiger partial charge in [0.15, 0.2) is 29.2 Å². The van der Waals surface area contributed by atoms with Crippen LogP contribution in [0, 0.1) is 11.7 Å². The Hall–Kier alpha value is -3.49. The molecule has 0 saturated heterocycles.